The third-order valence-corrected chi connectivity index (χ3v) is 3.37. The van der Waals surface area contributed by atoms with E-state index in [1.165, 1.54) is 18.2 Å². The van der Waals surface area contributed by atoms with E-state index in [2.05, 4.69) is 15.9 Å². The Bertz CT molecular complexity index is 690. The lowest BCUT2D eigenvalue weighted by atomic mass is 10.2. The maximum atomic E-state index is 10.7. The van der Waals surface area contributed by atoms with Gasteiger partial charge in [-0.15, -0.1) is 0 Å². The van der Waals surface area contributed by atoms with Gasteiger partial charge in [0, 0.05) is 11.6 Å². The van der Waals surface area contributed by atoms with Gasteiger partial charge < -0.3 is 4.74 Å². The molecule has 0 spiro atoms. The minimum atomic E-state index is -0.534. The van der Waals surface area contributed by atoms with Crippen molar-refractivity contribution in [3.8, 4) is 11.5 Å². The summed E-state index contributed by atoms with van der Waals surface area (Å²) < 4.78 is 6.08. The number of non-ortho nitro benzene ring substituents is 1. The Morgan fingerprint density at radius 2 is 1.95 bits per heavy atom. The SMILES string of the molecule is O=Cc1ccc(Oc2cc([N+](=O)[O-])ccc2Cl)c(Br)c1. The number of halogens is 2. The van der Waals surface area contributed by atoms with Crippen LogP contribution in [0.1, 0.15) is 10.4 Å². The summed E-state index contributed by atoms with van der Waals surface area (Å²) in [7, 11) is 0. The average molecular weight is 357 g/mol. The number of nitrogens with zero attached hydrogens (tertiary/aromatic N) is 1. The van der Waals surface area contributed by atoms with E-state index >= 15 is 0 Å². The zero-order valence-corrected chi connectivity index (χ0v) is 12.2. The van der Waals surface area contributed by atoms with Crippen LogP contribution in [0.3, 0.4) is 0 Å². The molecular weight excluding hydrogens is 350 g/mol. The molecule has 0 fully saturated rings. The summed E-state index contributed by atoms with van der Waals surface area (Å²) in [4.78, 5) is 20.8. The van der Waals surface area contributed by atoms with Gasteiger partial charge in [-0.25, -0.2) is 0 Å². The predicted octanol–water partition coefficient (Wildman–Crippen LogP) is 4.62. The van der Waals surface area contributed by atoms with Crippen LogP contribution in [-0.4, -0.2) is 11.2 Å². The maximum Gasteiger partial charge on any atom is 0.273 e. The number of hydrogen-bond donors (Lipinski definition) is 0. The summed E-state index contributed by atoms with van der Waals surface area (Å²) >= 11 is 9.20. The maximum absolute atomic E-state index is 10.7. The van der Waals surface area contributed by atoms with Gasteiger partial charge in [-0.1, -0.05) is 11.6 Å². The first-order chi connectivity index (χ1) is 9.51. The molecule has 2 aromatic rings. The van der Waals surface area contributed by atoms with Crippen LogP contribution in [-0.2, 0) is 0 Å². The van der Waals surface area contributed by atoms with Crippen molar-refractivity contribution >= 4 is 39.5 Å². The highest BCUT2D eigenvalue weighted by molar-refractivity contribution is 9.10. The van der Waals surface area contributed by atoms with Crippen molar-refractivity contribution in [3.05, 3.63) is 61.6 Å². The number of rotatable bonds is 4. The van der Waals surface area contributed by atoms with E-state index in [1.54, 1.807) is 18.2 Å². The molecule has 0 heterocycles. The minimum absolute atomic E-state index is 0.120. The molecule has 2 aromatic carbocycles. The van der Waals surface area contributed by atoms with Crippen molar-refractivity contribution in [3.63, 3.8) is 0 Å². The molecule has 0 amide bonds. The molecule has 5 nitrogen and oxygen atoms in total. The Morgan fingerprint density at radius 3 is 2.55 bits per heavy atom. The molecule has 0 aliphatic rings. The van der Waals surface area contributed by atoms with E-state index < -0.39 is 4.92 Å². The lowest BCUT2D eigenvalue weighted by molar-refractivity contribution is -0.384. The second-order valence-electron chi connectivity index (χ2n) is 3.78. The van der Waals surface area contributed by atoms with Gasteiger partial charge in [-0.05, 0) is 40.2 Å². The lowest BCUT2D eigenvalue weighted by Crippen LogP contribution is -1.92. The fourth-order valence-corrected chi connectivity index (χ4v) is 2.11. The Kier molecular flexibility index (Phi) is 4.36. The first-order valence-corrected chi connectivity index (χ1v) is 6.55. The van der Waals surface area contributed by atoms with Gasteiger partial charge >= 0.3 is 0 Å². The Morgan fingerprint density at radius 1 is 1.20 bits per heavy atom. The van der Waals surface area contributed by atoms with Gasteiger partial charge in [-0.2, -0.15) is 0 Å². The van der Waals surface area contributed by atoms with Gasteiger partial charge in [0.05, 0.1) is 20.5 Å². The number of nitro benzene ring substituents is 1. The summed E-state index contributed by atoms with van der Waals surface area (Å²) in [6.07, 6.45) is 0.703. The zero-order chi connectivity index (χ0) is 14.7. The van der Waals surface area contributed by atoms with E-state index in [1.807, 2.05) is 0 Å². The topological polar surface area (TPSA) is 69.4 Å². The smallest absolute Gasteiger partial charge is 0.273 e. The largest absolute Gasteiger partial charge is 0.454 e. The summed E-state index contributed by atoms with van der Waals surface area (Å²) in [5.74, 6) is 0.568. The Balaban J connectivity index is 2.36. The normalized spacial score (nSPS) is 10.1. The summed E-state index contributed by atoms with van der Waals surface area (Å²) in [5.41, 5.74) is 0.361. The van der Waals surface area contributed by atoms with Crippen LogP contribution in [0.5, 0.6) is 11.5 Å². The molecule has 7 heteroatoms. The van der Waals surface area contributed by atoms with Crippen molar-refractivity contribution in [2.45, 2.75) is 0 Å². The van der Waals surface area contributed by atoms with Gasteiger partial charge in [0.1, 0.15) is 12.0 Å². The van der Waals surface area contributed by atoms with E-state index in [0.717, 1.165) is 0 Å². The number of nitro groups is 1. The van der Waals surface area contributed by atoms with Crippen LogP contribution in [0.25, 0.3) is 0 Å². The molecule has 0 radical (unpaired) electrons. The molecule has 0 aliphatic carbocycles. The van der Waals surface area contributed by atoms with Gasteiger partial charge in [0.25, 0.3) is 5.69 Å². The van der Waals surface area contributed by atoms with Crippen LogP contribution in [0, 0.1) is 10.1 Å². The summed E-state index contributed by atoms with van der Waals surface area (Å²) in [6, 6.07) is 8.64. The monoisotopic (exact) mass is 355 g/mol. The Labute approximate surface area is 127 Å². The fraction of sp³-hybridized carbons (Fsp3) is 0. The quantitative estimate of drug-likeness (QED) is 0.455. The summed E-state index contributed by atoms with van der Waals surface area (Å²) in [6.45, 7) is 0. The molecule has 0 N–H and O–H groups in total. The molecule has 0 saturated carbocycles. The summed E-state index contributed by atoms with van der Waals surface area (Å²) in [5, 5.41) is 11.0. The molecular formula is C13H7BrClNO4. The van der Waals surface area contributed by atoms with Crippen LogP contribution in [0.15, 0.2) is 40.9 Å². The van der Waals surface area contributed by atoms with Crippen molar-refractivity contribution in [1.29, 1.82) is 0 Å². The van der Waals surface area contributed by atoms with Crippen LogP contribution < -0.4 is 4.74 Å². The van der Waals surface area contributed by atoms with Crippen molar-refractivity contribution in [1.82, 2.24) is 0 Å². The highest BCUT2D eigenvalue weighted by Gasteiger charge is 2.13. The second-order valence-corrected chi connectivity index (χ2v) is 5.04. The number of carbonyl (C=O) groups is 1. The molecule has 2 rings (SSSR count). The Hall–Kier alpha value is -1.92. The molecule has 0 unspecified atom stereocenters. The van der Waals surface area contributed by atoms with Gasteiger partial charge in [-0.3, -0.25) is 14.9 Å². The third-order valence-electron chi connectivity index (χ3n) is 2.44. The standard InChI is InChI=1S/C13H7BrClNO4/c14-10-5-8(7-17)1-4-12(10)20-13-6-9(16(18)19)2-3-11(13)15/h1-7H. The molecule has 0 saturated heterocycles. The van der Waals surface area contributed by atoms with E-state index in [-0.39, 0.29) is 16.5 Å². The molecule has 0 aromatic heterocycles. The number of hydrogen-bond acceptors (Lipinski definition) is 4. The van der Waals surface area contributed by atoms with Crippen LogP contribution in [0.2, 0.25) is 5.02 Å². The predicted molar refractivity (Wildman–Crippen MR) is 77.7 cm³/mol. The molecule has 0 bridgehead atoms. The fourth-order valence-electron chi connectivity index (χ4n) is 1.48. The van der Waals surface area contributed by atoms with Crippen molar-refractivity contribution in [2.24, 2.45) is 0 Å². The van der Waals surface area contributed by atoms with Crippen molar-refractivity contribution in [2.75, 3.05) is 0 Å². The van der Waals surface area contributed by atoms with Crippen LogP contribution in [0.4, 0.5) is 5.69 Å². The van der Waals surface area contributed by atoms with E-state index in [9.17, 15) is 14.9 Å². The number of benzene rings is 2. The highest BCUT2D eigenvalue weighted by atomic mass is 79.9. The zero-order valence-electron chi connectivity index (χ0n) is 9.88. The average Bonchev–Trinajstić information content (AvgIpc) is 2.42. The van der Waals surface area contributed by atoms with Gasteiger partial charge in [0.15, 0.2) is 5.75 Å². The third kappa shape index (κ3) is 3.15. The molecule has 20 heavy (non-hydrogen) atoms. The number of ether oxygens (including phenoxy) is 1. The lowest BCUT2D eigenvalue weighted by Gasteiger charge is -2.09. The minimum Gasteiger partial charge on any atom is -0.454 e. The molecule has 102 valence electrons. The van der Waals surface area contributed by atoms with E-state index in [0.29, 0.717) is 22.1 Å². The van der Waals surface area contributed by atoms with Gasteiger partial charge in [0.2, 0.25) is 0 Å². The highest BCUT2D eigenvalue weighted by Crippen LogP contribution is 2.36. The first kappa shape index (κ1) is 14.5. The number of aldehydes is 1. The molecule has 0 aliphatic heterocycles. The first-order valence-electron chi connectivity index (χ1n) is 5.38. The van der Waals surface area contributed by atoms with E-state index in [4.69, 9.17) is 16.3 Å². The van der Waals surface area contributed by atoms with Crippen LogP contribution >= 0.6 is 27.5 Å². The molecule has 0 atom stereocenters. The second kappa shape index (κ2) is 6.02. The number of carbonyl (C=O) groups excluding carboxylic acids is 1. The van der Waals surface area contributed by atoms with Crippen molar-refractivity contribution < 1.29 is 14.5 Å².